The summed E-state index contributed by atoms with van der Waals surface area (Å²) in [4.78, 5) is 33.1. The largest absolute Gasteiger partial charge is 0.332 e. The number of imidazole rings is 2. The van der Waals surface area contributed by atoms with Crippen molar-refractivity contribution >= 4 is 40.0 Å². The van der Waals surface area contributed by atoms with E-state index in [9.17, 15) is 9.59 Å². The number of pyridine rings is 1. The van der Waals surface area contributed by atoms with E-state index in [0.717, 1.165) is 4.57 Å². The summed E-state index contributed by atoms with van der Waals surface area (Å²) >= 11 is 12.2. The Morgan fingerprint density at radius 1 is 1.08 bits per heavy atom. The van der Waals surface area contributed by atoms with Gasteiger partial charge in [-0.05, 0) is 6.07 Å². The van der Waals surface area contributed by atoms with E-state index in [0.29, 0.717) is 39.1 Å². The molecule has 4 aromatic heterocycles. The predicted octanol–water partition coefficient (Wildman–Crippen LogP) is 1.44. The van der Waals surface area contributed by atoms with E-state index in [-0.39, 0.29) is 0 Å². The average Bonchev–Trinajstić information content (AvgIpc) is 3.15. The highest BCUT2D eigenvalue weighted by Gasteiger charge is 2.15. The van der Waals surface area contributed by atoms with Gasteiger partial charge in [0, 0.05) is 26.5 Å². The average molecular weight is 379 g/mol. The molecule has 25 heavy (non-hydrogen) atoms. The number of halogens is 2. The van der Waals surface area contributed by atoms with Gasteiger partial charge in [-0.25, -0.2) is 14.8 Å². The molecule has 8 nitrogen and oxygen atoms in total. The van der Waals surface area contributed by atoms with Crippen molar-refractivity contribution < 1.29 is 0 Å². The maximum absolute atomic E-state index is 12.5. The maximum atomic E-state index is 12.5. The highest BCUT2D eigenvalue weighted by molar-refractivity contribution is 6.36. The molecule has 0 saturated carbocycles. The molecule has 0 aliphatic heterocycles. The third kappa shape index (κ3) is 2.37. The molecular weight excluding hydrogens is 367 g/mol. The molecule has 0 radical (unpaired) electrons. The van der Waals surface area contributed by atoms with Crippen LogP contribution in [-0.2, 0) is 20.6 Å². The van der Waals surface area contributed by atoms with Crippen LogP contribution in [0.15, 0.2) is 34.4 Å². The first kappa shape index (κ1) is 15.9. The highest BCUT2D eigenvalue weighted by Crippen LogP contribution is 2.22. The standard InChI is InChI=1S/C15H12Cl2N6O2/c1-20-13-11(14(24)21(2)15(20)25)23(7-18-13)6-9-5-22-4-8(16)3-10(17)12(22)19-9/h3-5,7H,6H2,1-2H3. The van der Waals surface area contributed by atoms with Gasteiger partial charge in [0.15, 0.2) is 16.8 Å². The van der Waals surface area contributed by atoms with Crippen molar-refractivity contribution in [3.63, 3.8) is 0 Å². The van der Waals surface area contributed by atoms with Crippen LogP contribution in [-0.4, -0.2) is 28.1 Å². The van der Waals surface area contributed by atoms with Crippen LogP contribution in [0.2, 0.25) is 10.0 Å². The van der Waals surface area contributed by atoms with Crippen molar-refractivity contribution in [3.8, 4) is 0 Å². The van der Waals surface area contributed by atoms with Crippen LogP contribution in [0.4, 0.5) is 0 Å². The van der Waals surface area contributed by atoms with Crippen molar-refractivity contribution in [2.45, 2.75) is 6.54 Å². The van der Waals surface area contributed by atoms with Gasteiger partial charge >= 0.3 is 5.69 Å². The van der Waals surface area contributed by atoms with Crippen molar-refractivity contribution in [3.05, 3.63) is 61.4 Å². The molecule has 0 aromatic carbocycles. The molecule has 0 atom stereocenters. The Balaban J connectivity index is 1.88. The molecule has 4 rings (SSSR count). The van der Waals surface area contributed by atoms with Crippen LogP contribution >= 0.6 is 23.2 Å². The molecule has 4 heterocycles. The van der Waals surface area contributed by atoms with Gasteiger partial charge in [-0.2, -0.15) is 0 Å². The first-order valence-corrected chi connectivity index (χ1v) is 8.06. The van der Waals surface area contributed by atoms with E-state index >= 15 is 0 Å². The lowest BCUT2D eigenvalue weighted by Gasteiger charge is -2.05. The molecule has 0 spiro atoms. The fourth-order valence-electron chi connectivity index (χ4n) is 2.84. The Morgan fingerprint density at radius 2 is 1.84 bits per heavy atom. The molecule has 0 fully saturated rings. The molecule has 0 aliphatic carbocycles. The highest BCUT2D eigenvalue weighted by atomic mass is 35.5. The Bertz CT molecular complexity index is 1260. The predicted molar refractivity (Wildman–Crippen MR) is 94.5 cm³/mol. The van der Waals surface area contributed by atoms with E-state index in [4.69, 9.17) is 23.2 Å². The number of hydrogen-bond donors (Lipinski definition) is 0. The Hall–Kier alpha value is -2.58. The van der Waals surface area contributed by atoms with E-state index in [1.807, 2.05) is 0 Å². The van der Waals surface area contributed by atoms with E-state index < -0.39 is 11.2 Å². The zero-order valence-corrected chi connectivity index (χ0v) is 14.8. The second-order valence-corrected chi connectivity index (χ2v) is 6.56. The summed E-state index contributed by atoms with van der Waals surface area (Å²) < 4.78 is 5.79. The Kier molecular flexibility index (Phi) is 3.48. The van der Waals surface area contributed by atoms with Crippen molar-refractivity contribution in [1.29, 1.82) is 0 Å². The smallest absolute Gasteiger partial charge is 0.319 e. The van der Waals surface area contributed by atoms with E-state index in [1.165, 1.54) is 17.9 Å². The molecule has 0 N–H and O–H groups in total. The van der Waals surface area contributed by atoms with Gasteiger partial charge in [-0.15, -0.1) is 0 Å². The molecule has 0 saturated heterocycles. The van der Waals surface area contributed by atoms with Crippen LogP contribution in [0.25, 0.3) is 16.8 Å². The second-order valence-electron chi connectivity index (χ2n) is 5.72. The number of nitrogens with zero attached hydrogens (tertiary/aromatic N) is 6. The van der Waals surface area contributed by atoms with Gasteiger partial charge in [0.25, 0.3) is 5.56 Å². The van der Waals surface area contributed by atoms with Crippen molar-refractivity contribution in [2.75, 3.05) is 0 Å². The molecular formula is C15H12Cl2N6O2. The van der Waals surface area contributed by atoms with E-state index in [1.54, 1.807) is 34.5 Å². The van der Waals surface area contributed by atoms with Crippen LogP contribution in [0.5, 0.6) is 0 Å². The monoisotopic (exact) mass is 378 g/mol. The Morgan fingerprint density at radius 3 is 2.60 bits per heavy atom. The SMILES string of the molecule is Cn1c(=O)c2c(ncn2Cc2cn3cc(Cl)cc(Cl)c3n2)n(C)c1=O. The van der Waals surface area contributed by atoms with Crippen LogP contribution in [0.1, 0.15) is 5.69 Å². The van der Waals surface area contributed by atoms with Gasteiger partial charge in [0.1, 0.15) is 0 Å². The van der Waals surface area contributed by atoms with Crippen molar-refractivity contribution in [2.24, 2.45) is 14.1 Å². The summed E-state index contributed by atoms with van der Waals surface area (Å²) in [6, 6.07) is 1.62. The summed E-state index contributed by atoms with van der Waals surface area (Å²) in [6.07, 6.45) is 5.00. The lowest BCUT2D eigenvalue weighted by atomic mass is 10.4. The normalized spacial score (nSPS) is 11.7. The number of hydrogen-bond acceptors (Lipinski definition) is 4. The van der Waals surface area contributed by atoms with Crippen LogP contribution in [0.3, 0.4) is 0 Å². The minimum atomic E-state index is -0.420. The second kappa shape index (κ2) is 5.47. The summed E-state index contributed by atoms with van der Waals surface area (Å²) in [7, 11) is 3.02. The zero-order chi connectivity index (χ0) is 17.9. The molecule has 0 amide bonds. The molecule has 0 aliphatic rings. The minimum absolute atomic E-state index is 0.305. The molecule has 0 unspecified atom stereocenters. The van der Waals surface area contributed by atoms with Gasteiger partial charge in [-0.1, -0.05) is 23.2 Å². The fourth-order valence-corrected chi connectivity index (χ4v) is 3.37. The van der Waals surface area contributed by atoms with Crippen LogP contribution in [0, 0.1) is 0 Å². The number of rotatable bonds is 2. The lowest BCUT2D eigenvalue weighted by molar-refractivity contribution is 0.701. The minimum Gasteiger partial charge on any atom is -0.319 e. The summed E-state index contributed by atoms with van der Waals surface area (Å²) in [5.41, 5.74) is 1.10. The molecule has 128 valence electrons. The third-order valence-electron chi connectivity index (χ3n) is 4.07. The lowest BCUT2D eigenvalue weighted by Crippen LogP contribution is -2.37. The van der Waals surface area contributed by atoms with Gasteiger partial charge in [0.2, 0.25) is 0 Å². The molecule has 0 bridgehead atoms. The van der Waals surface area contributed by atoms with Gasteiger partial charge in [-0.3, -0.25) is 13.9 Å². The van der Waals surface area contributed by atoms with Gasteiger partial charge in [0.05, 0.1) is 28.6 Å². The Labute approximate surface area is 150 Å². The summed E-state index contributed by atoms with van der Waals surface area (Å²) in [6.45, 7) is 0.305. The quantitative estimate of drug-likeness (QED) is 0.528. The third-order valence-corrected chi connectivity index (χ3v) is 4.56. The number of fused-ring (bicyclic) bond motifs is 2. The molecule has 10 heteroatoms. The van der Waals surface area contributed by atoms with Gasteiger partial charge < -0.3 is 8.97 Å². The number of aromatic nitrogens is 6. The van der Waals surface area contributed by atoms with Crippen molar-refractivity contribution in [1.82, 2.24) is 28.1 Å². The fraction of sp³-hybridized carbons (Fsp3) is 0.200. The zero-order valence-electron chi connectivity index (χ0n) is 13.3. The topological polar surface area (TPSA) is 79.1 Å². The summed E-state index contributed by atoms with van der Waals surface area (Å²) in [5.74, 6) is 0. The first-order valence-electron chi connectivity index (χ1n) is 7.30. The summed E-state index contributed by atoms with van der Waals surface area (Å²) in [5, 5.41) is 0.936. The van der Waals surface area contributed by atoms with Crippen LogP contribution < -0.4 is 11.2 Å². The van der Waals surface area contributed by atoms with E-state index in [2.05, 4.69) is 9.97 Å². The maximum Gasteiger partial charge on any atom is 0.332 e. The molecule has 4 aromatic rings. The first-order chi connectivity index (χ1) is 11.9. The number of aryl methyl sites for hydroxylation is 1.